The van der Waals surface area contributed by atoms with Gasteiger partial charge in [-0.25, -0.2) is 8.42 Å². The molecule has 1 saturated heterocycles. The number of rotatable bonds is 5. The van der Waals surface area contributed by atoms with E-state index in [4.69, 9.17) is 11.6 Å². The van der Waals surface area contributed by atoms with Gasteiger partial charge < -0.3 is 4.90 Å². The van der Waals surface area contributed by atoms with Gasteiger partial charge >= 0.3 is 0 Å². The van der Waals surface area contributed by atoms with E-state index in [1.54, 1.807) is 29.2 Å². The fraction of sp³-hybridized carbons (Fsp3) is 0.533. The quantitative estimate of drug-likeness (QED) is 0.823. The molecule has 7 heteroatoms. The summed E-state index contributed by atoms with van der Waals surface area (Å²) in [5.74, 6) is 0.0826. The summed E-state index contributed by atoms with van der Waals surface area (Å²) in [6.07, 6.45) is 1.52. The van der Waals surface area contributed by atoms with E-state index in [0.29, 0.717) is 43.2 Å². The minimum Gasteiger partial charge on any atom is -0.336 e. The minimum absolute atomic E-state index is 0.104. The van der Waals surface area contributed by atoms with Gasteiger partial charge in [0.05, 0.1) is 5.75 Å². The summed E-state index contributed by atoms with van der Waals surface area (Å²) < 4.78 is 25.8. The van der Waals surface area contributed by atoms with Crippen LogP contribution in [0.4, 0.5) is 0 Å². The molecular formula is C15H21ClN2O3S. The zero-order valence-corrected chi connectivity index (χ0v) is 14.2. The molecule has 1 amide bonds. The second-order valence-electron chi connectivity index (χ2n) is 5.37. The van der Waals surface area contributed by atoms with E-state index >= 15 is 0 Å². The monoisotopic (exact) mass is 344 g/mol. The number of hydrogen-bond acceptors (Lipinski definition) is 3. The van der Waals surface area contributed by atoms with Gasteiger partial charge in [-0.05, 0) is 24.6 Å². The van der Waals surface area contributed by atoms with Gasteiger partial charge in [0.15, 0.2) is 0 Å². The molecule has 0 bridgehead atoms. The summed E-state index contributed by atoms with van der Waals surface area (Å²) in [5.41, 5.74) is 0.537. The Morgan fingerprint density at radius 2 is 1.91 bits per heavy atom. The molecule has 5 nitrogen and oxygen atoms in total. The summed E-state index contributed by atoms with van der Waals surface area (Å²) in [4.78, 5) is 14.1. The van der Waals surface area contributed by atoms with E-state index in [-0.39, 0.29) is 11.7 Å². The van der Waals surface area contributed by atoms with E-state index < -0.39 is 10.0 Å². The first kappa shape index (κ1) is 17.2. The van der Waals surface area contributed by atoms with Crippen LogP contribution in [-0.2, 0) is 10.0 Å². The summed E-state index contributed by atoms with van der Waals surface area (Å²) in [6, 6.07) is 6.81. The van der Waals surface area contributed by atoms with Crippen LogP contribution in [0.5, 0.6) is 0 Å². The van der Waals surface area contributed by atoms with Crippen LogP contribution >= 0.6 is 11.6 Å². The molecule has 122 valence electrons. The summed E-state index contributed by atoms with van der Waals surface area (Å²) in [5, 5.41) is 0.520. The molecule has 22 heavy (non-hydrogen) atoms. The predicted octanol–water partition coefficient (Wildman–Crippen LogP) is 2.23. The normalized spacial score (nSPS) is 16.7. The van der Waals surface area contributed by atoms with E-state index in [2.05, 4.69) is 0 Å². The molecule has 0 aromatic heterocycles. The fourth-order valence-electron chi connectivity index (χ4n) is 2.43. The third-order valence-corrected chi connectivity index (χ3v) is 5.94. The molecule has 1 aromatic rings. The number of unbranched alkanes of at least 4 members (excludes halogenated alkanes) is 1. The Balaban J connectivity index is 1.96. The molecule has 0 spiro atoms. The highest BCUT2D eigenvalue weighted by Crippen LogP contribution is 2.15. The van der Waals surface area contributed by atoms with E-state index in [1.165, 1.54) is 4.31 Å². The Morgan fingerprint density at radius 3 is 2.50 bits per heavy atom. The molecule has 1 aliphatic heterocycles. The molecule has 0 aliphatic carbocycles. The van der Waals surface area contributed by atoms with Gasteiger partial charge in [-0.1, -0.05) is 31.0 Å². The molecule has 1 heterocycles. The maximum atomic E-state index is 12.4. The van der Waals surface area contributed by atoms with Gasteiger partial charge in [0.1, 0.15) is 0 Å². The Bertz CT molecular complexity index is 625. The average molecular weight is 345 g/mol. The largest absolute Gasteiger partial charge is 0.336 e. The number of amides is 1. The highest BCUT2D eigenvalue weighted by atomic mass is 35.5. The van der Waals surface area contributed by atoms with Crippen LogP contribution in [0.1, 0.15) is 30.1 Å². The van der Waals surface area contributed by atoms with Crippen molar-refractivity contribution in [2.24, 2.45) is 0 Å². The lowest BCUT2D eigenvalue weighted by molar-refractivity contribution is 0.0698. The second kappa shape index (κ2) is 7.44. The van der Waals surface area contributed by atoms with Gasteiger partial charge in [-0.3, -0.25) is 4.79 Å². The van der Waals surface area contributed by atoms with E-state index in [1.807, 2.05) is 6.92 Å². The summed E-state index contributed by atoms with van der Waals surface area (Å²) >= 11 is 5.90. The zero-order valence-electron chi connectivity index (χ0n) is 12.7. The average Bonchev–Trinajstić information content (AvgIpc) is 2.52. The van der Waals surface area contributed by atoms with Crippen molar-refractivity contribution in [2.45, 2.75) is 19.8 Å². The Morgan fingerprint density at radius 1 is 1.23 bits per heavy atom. The van der Waals surface area contributed by atoms with Crippen molar-refractivity contribution in [3.63, 3.8) is 0 Å². The first-order valence-electron chi connectivity index (χ1n) is 7.46. The van der Waals surface area contributed by atoms with Crippen LogP contribution in [0.3, 0.4) is 0 Å². The van der Waals surface area contributed by atoms with Crippen LogP contribution in [0.25, 0.3) is 0 Å². The number of sulfonamides is 1. The Kier molecular flexibility index (Phi) is 5.83. The second-order valence-corrected chi connectivity index (χ2v) is 7.90. The standard InChI is InChI=1S/C15H21ClN2O3S/c1-2-3-11-22(20,21)18-9-7-17(8-10-18)15(19)13-5-4-6-14(16)12-13/h4-6,12H,2-3,7-11H2,1H3. The molecule has 1 fully saturated rings. The maximum absolute atomic E-state index is 12.4. The fourth-order valence-corrected chi connectivity index (χ4v) is 4.25. The molecule has 0 atom stereocenters. The van der Waals surface area contributed by atoms with E-state index in [9.17, 15) is 13.2 Å². The minimum atomic E-state index is -3.19. The van der Waals surface area contributed by atoms with Gasteiger partial charge in [0, 0.05) is 36.8 Å². The summed E-state index contributed by atoms with van der Waals surface area (Å²) in [7, 11) is -3.19. The van der Waals surface area contributed by atoms with Gasteiger partial charge in [0.2, 0.25) is 10.0 Å². The Labute approximate surface area is 136 Å². The third-order valence-electron chi connectivity index (χ3n) is 3.75. The molecule has 1 aromatic carbocycles. The van der Waals surface area contributed by atoms with Crippen molar-refractivity contribution in [3.8, 4) is 0 Å². The van der Waals surface area contributed by atoms with Crippen LogP contribution in [-0.4, -0.2) is 55.5 Å². The topological polar surface area (TPSA) is 57.7 Å². The molecule has 0 N–H and O–H groups in total. The maximum Gasteiger partial charge on any atom is 0.253 e. The first-order valence-corrected chi connectivity index (χ1v) is 9.45. The van der Waals surface area contributed by atoms with Gasteiger partial charge in [-0.15, -0.1) is 0 Å². The number of halogens is 1. The molecule has 2 rings (SSSR count). The number of carbonyl (C=O) groups excluding carboxylic acids is 1. The highest BCUT2D eigenvalue weighted by molar-refractivity contribution is 7.89. The zero-order chi connectivity index (χ0) is 16.2. The predicted molar refractivity (Wildman–Crippen MR) is 87.6 cm³/mol. The first-order chi connectivity index (χ1) is 10.4. The van der Waals surface area contributed by atoms with Gasteiger partial charge in [0.25, 0.3) is 5.91 Å². The van der Waals surface area contributed by atoms with Gasteiger partial charge in [-0.2, -0.15) is 4.31 Å². The summed E-state index contributed by atoms with van der Waals surface area (Å²) in [6.45, 7) is 3.52. The number of hydrogen-bond donors (Lipinski definition) is 0. The van der Waals surface area contributed by atoms with Crippen LogP contribution in [0.2, 0.25) is 5.02 Å². The number of carbonyl (C=O) groups is 1. The molecular weight excluding hydrogens is 324 g/mol. The van der Waals surface area contributed by atoms with Crippen LogP contribution < -0.4 is 0 Å². The van der Waals surface area contributed by atoms with Crippen molar-refractivity contribution in [3.05, 3.63) is 34.9 Å². The van der Waals surface area contributed by atoms with E-state index in [0.717, 1.165) is 6.42 Å². The third kappa shape index (κ3) is 4.21. The van der Waals surface area contributed by atoms with Crippen molar-refractivity contribution in [1.82, 2.24) is 9.21 Å². The molecule has 0 radical (unpaired) electrons. The van der Waals surface area contributed by atoms with Crippen molar-refractivity contribution >= 4 is 27.5 Å². The van der Waals surface area contributed by atoms with Crippen LogP contribution in [0.15, 0.2) is 24.3 Å². The lowest BCUT2D eigenvalue weighted by atomic mass is 10.2. The smallest absolute Gasteiger partial charge is 0.253 e. The lowest BCUT2D eigenvalue weighted by Gasteiger charge is -2.34. The van der Waals surface area contributed by atoms with Crippen molar-refractivity contribution < 1.29 is 13.2 Å². The number of benzene rings is 1. The highest BCUT2D eigenvalue weighted by Gasteiger charge is 2.28. The lowest BCUT2D eigenvalue weighted by Crippen LogP contribution is -2.51. The number of nitrogens with zero attached hydrogens (tertiary/aromatic N) is 2. The molecule has 0 saturated carbocycles. The van der Waals surface area contributed by atoms with Crippen molar-refractivity contribution in [1.29, 1.82) is 0 Å². The SMILES string of the molecule is CCCCS(=O)(=O)N1CCN(C(=O)c2cccc(Cl)c2)CC1. The molecule has 0 unspecified atom stereocenters. The van der Waals surface area contributed by atoms with Crippen LogP contribution in [0, 0.1) is 0 Å². The van der Waals surface area contributed by atoms with Crippen molar-refractivity contribution in [2.75, 3.05) is 31.9 Å². The number of piperazine rings is 1. The molecule has 1 aliphatic rings. The Hall–Kier alpha value is -1.11.